The molecule has 0 radical (unpaired) electrons. The Balaban J connectivity index is 2.43. The van der Waals surface area contributed by atoms with Crippen LogP contribution in [0.1, 0.15) is 27.2 Å². The summed E-state index contributed by atoms with van der Waals surface area (Å²) in [5.74, 6) is 0.333. The van der Waals surface area contributed by atoms with E-state index in [0.717, 1.165) is 5.33 Å². The zero-order valence-electron chi connectivity index (χ0n) is 10.0. The minimum Gasteiger partial charge on any atom is -0.350 e. The minimum atomic E-state index is -0.241. The molecule has 1 N–H and O–H groups in total. The largest absolute Gasteiger partial charge is 0.350 e. The number of likely N-dealkylation sites (tertiary alicyclic amines) is 1. The van der Waals surface area contributed by atoms with Crippen LogP contribution >= 0.6 is 15.9 Å². The Morgan fingerprint density at radius 1 is 1.56 bits per heavy atom. The summed E-state index contributed by atoms with van der Waals surface area (Å²) in [7, 11) is 0. The van der Waals surface area contributed by atoms with E-state index in [1.54, 1.807) is 4.90 Å². The summed E-state index contributed by atoms with van der Waals surface area (Å²) in [5, 5.41) is 3.67. The number of amides is 2. The lowest BCUT2D eigenvalue weighted by molar-refractivity contribution is -0.133. The highest BCUT2D eigenvalue weighted by Gasteiger charge is 2.30. The number of carbonyl (C=O) groups is 2. The lowest BCUT2D eigenvalue weighted by atomic mass is 10.1. The topological polar surface area (TPSA) is 49.4 Å². The molecule has 0 aromatic heterocycles. The molecule has 0 spiro atoms. The van der Waals surface area contributed by atoms with Gasteiger partial charge in [0, 0.05) is 23.8 Å². The first kappa shape index (κ1) is 13.5. The van der Waals surface area contributed by atoms with E-state index >= 15 is 0 Å². The van der Waals surface area contributed by atoms with Crippen LogP contribution in [0.25, 0.3) is 0 Å². The van der Waals surface area contributed by atoms with Crippen LogP contribution in [0.3, 0.4) is 0 Å². The summed E-state index contributed by atoms with van der Waals surface area (Å²) >= 11 is 3.37. The van der Waals surface area contributed by atoms with Gasteiger partial charge < -0.3 is 10.2 Å². The van der Waals surface area contributed by atoms with E-state index in [2.05, 4.69) is 21.2 Å². The van der Waals surface area contributed by atoms with Crippen molar-refractivity contribution in [2.45, 2.75) is 32.7 Å². The molecule has 0 saturated carbocycles. The molecule has 1 aliphatic rings. The number of halogens is 1. The predicted molar refractivity (Wildman–Crippen MR) is 66.4 cm³/mol. The van der Waals surface area contributed by atoms with E-state index in [1.165, 1.54) is 0 Å². The van der Waals surface area contributed by atoms with Gasteiger partial charge in [-0.1, -0.05) is 15.9 Å². The first-order valence-corrected chi connectivity index (χ1v) is 6.58. The molecule has 1 unspecified atom stereocenters. The molecule has 2 amide bonds. The van der Waals surface area contributed by atoms with E-state index < -0.39 is 0 Å². The Hall–Kier alpha value is -0.580. The summed E-state index contributed by atoms with van der Waals surface area (Å²) in [6.07, 6.45) is 0.550. The van der Waals surface area contributed by atoms with Crippen molar-refractivity contribution in [3.63, 3.8) is 0 Å². The second-order valence-corrected chi connectivity index (χ2v) is 5.94. The zero-order valence-corrected chi connectivity index (χ0v) is 11.6. The van der Waals surface area contributed by atoms with Crippen molar-refractivity contribution in [3.8, 4) is 0 Å². The molecule has 0 aromatic carbocycles. The van der Waals surface area contributed by atoms with Gasteiger partial charge in [-0.05, 0) is 26.7 Å². The fraction of sp³-hybridized carbons (Fsp3) is 0.818. The van der Waals surface area contributed by atoms with Crippen LogP contribution in [-0.2, 0) is 9.59 Å². The molecule has 0 aliphatic carbocycles. The SMILES string of the molecule is CC(C)(C)NC(=O)CN1CC(CBr)CC1=O. The number of hydrogen-bond donors (Lipinski definition) is 1. The van der Waals surface area contributed by atoms with Crippen LogP contribution in [0.15, 0.2) is 0 Å². The van der Waals surface area contributed by atoms with Gasteiger partial charge in [-0.2, -0.15) is 0 Å². The monoisotopic (exact) mass is 290 g/mol. The highest BCUT2D eigenvalue weighted by Crippen LogP contribution is 2.19. The number of nitrogens with zero attached hydrogens (tertiary/aromatic N) is 1. The summed E-state index contributed by atoms with van der Waals surface area (Å²) in [4.78, 5) is 24.8. The van der Waals surface area contributed by atoms with Crippen molar-refractivity contribution in [2.24, 2.45) is 5.92 Å². The Bertz CT molecular complexity index is 286. The molecule has 1 aliphatic heterocycles. The van der Waals surface area contributed by atoms with Gasteiger partial charge in [-0.25, -0.2) is 0 Å². The molecule has 92 valence electrons. The van der Waals surface area contributed by atoms with Crippen molar-refractivity contribution < 1.29 is 9.59 Å². The smallest absolute Gasteiger partial charge is 0.240 e. The second kappa shape index (κ2) is 5.17. The highest BCUT2D eigenvalue weighted by molar-refractivity contribution is 9.09. The van der Waals surface area contributed by atoms with Gasteiger partial charge in [-0.15, -0.1) is 0 Å². The van der Waals surface area contributed by atoms with E-state index in [0.29, 0.717) is 18.9 Å². The second-order valence-electron chi connectivity index (χ2n) is 5.30. The van der Waals surface area contributed by atoms with E-state index in [-0.39, 0.29) is 23.9 Å². The Morgan fingerprint density at radius 3 is 2.62 bits per heavy atom. The van der Waals surface area contributed by atoms with Gasteiger partial charge in [0.2, 0.25) is 11.8 Å². The number of hydrogen-bond acceptors (Lipinski definition) is 2. The van der Waals surface area contributed by atoms with Crippen LogP contribution in [-0.4, -0.2) is 40.7 Å². The maximum atomic E-state index is 11.6. The van der Waals surface area contributed by atoms with Gasteiger partial charge in [0.25, 0.3) is 0 Å². The maximum Gasteiger partial charge on any atom is 0.240 e. The first-order valence-electron chi connectivity index (χ1n) is 5.46. The number of rotatable bonds is 3. The van der Waals surface area contributed by atoms with Crippen LogP contribution in [0, 0.1) is 5.92 Å². The quantitative estimate of drug-likeness (QED) is 0.793. The lowest BCUT2D eigenvalue weighted by Gasteiger charge is -2.23. The van der Waals surface area contributed by atoms with Crippen LogP contribution in [0.2, 0.25) is 0 Å². The van der Waals surface area contributed by atoms with E-state index in [1.807, 2.05) is 20.8 Å². The fourth-order valence-electron chi connectivity index (χ4n) is 1.74. The standard InChI is InChI=1S/C11H19BrN2O2/c1-11(2,3)13-9(15)7-14-6-8(5-12)4-10(14)16/h8H,4-7H2,1-3H3,(H,13,15). The number of alkyl halides is 1. The van der Waals surface area contributed by atoms with Crippen molar-refractivity contribution in [1.29, 1.82) is 0 Å². The molecular formula is C11H19BrN2O2. The third-order valence-corrected chi connectivity index (χ3v) is 3.28. The third-order valence-electron chi connectivity index (χ3n) is 2.36. The highest BCUT2D eigenvalue weighted by atomic mass is 79.9. The summed E-state index contributed by atoms with van der Waals surface area (Å²) in [6.45, 7) is 6.65. The van der Waals surface area contributed by atoms with Crippen molar-refractivity contribution in [3.05, 3.63) is 0 Å². The average molecular weight is 291 g/mol. The first-order chi connectivity index (χ1) is 7.31. The molecule has 1 saturated heterocycles. The Morgan fingerprint density at radius 2 is 2.19 bits per heavy atom. The lowest BCUT2D eigenvalue weighted by Crippen LogP contribution is -2.46. The molecule has 0 bridgehead atoms. The fourth-order valence-corrected chi connectivity index (χ4v) is 2.17. The van der Waals surface area contributed by atoms with Gasteiger partial charge in [0.15, 0.2) is 0 Å². The van der Waals surface area contributed by atoms with Crippen LogP contribution in [0.5, 0.6) is 0 Å². The molecule has 1 atom stereocenters. The zero-order chi connectivity index (χ0) is 12.3. The number of carbonyl (C=O) groups excluding carboxylic acids is 2. The van der Waals surface area contributed by atoms with Gasteiger partial charge in [-0.3, -0.25) is 9.59 Å². The molecule has 4 nitrogen and oxygen atoms in total. The van der Waals surface area contributed by atoms with Crippen molar-refractivity contribution in [1.82, 2.24) is 10.2 Å². The third kappa shape index (κ3) is 4.12. The van der Waals surface area contributed by atoms with E-state index in [4.69, 9.17) is 0 Å². The summed E-state index contributed by atoms with van der Waals surface area (Å²) in [6, 6.07) is 0. The molecular weight excluding hydrogens is 272 g/mol. The Kier molecular flexibility index (Phi) is 4.35. The summed E-state index contributed by atoms with van der Waals surface area (Å²) < 4.78 is 0. The average Bonchev–Trinajstić information content (AvgIpc) is 2.44. The normalized spacial score (nSPS) is 21.4. The molecule has 1 fully saturated rings. The predicted octanol–water partition coefficient (Wildman–Crippen LogP) is 1.14. The Labute approximate surface area is 105 Å². The van der Waals surface area contributed by atoms with Crippen molar-refractivity contribution in [2.75, 3.05) is 18.4 Å². The van der Waals surface area contributed by atoms with Gasteiger partial charge in [0.05, 0.1) is 6.54 Å². The van der Waals surface area contributed by atoms with Gasteiger partial charge >= 0.3 is 0 Å². The van der Waals surface area contributed by atoms with Crippen molar-refractivity contribution >= 4 is 27.7 Å². The maximum absolute atomic E-state index is 11.6. The molecule has 1 rings (SSSR count). The number of nitrogens with one attached hydrogen (secondary N) is 1. The molecule has 0 aromatic rings. The molecule has 5 heteroatoms. The molecule has 16 heavy (non-hydrogen) atoms. The van der Waals surface area contributed by atoms with Gasteiger partial charge in [0.1, 0.15) is 0 Å². The summed E-state index contributed by atoms with van der Waals surface area (Å²) in [5.41, 5.74) is -0.241. The van der Waals surface area contributed by atoms with E-state index in [9.17, 15) is 9.59 Å². The van der Waals surface area contributed by atoms with Crippen LogP contribution in [0.4, 0.5) is 0 Å². The van der Waals surface area contributed by atoms with Crippen LogP contribution < -0.4 is 5.32 Å². The molecule has 1 heterocycles. The minimum absolute atomic E-state index is 0.0773.